The number of nitrogens with one attached hydrogen (secondary N) is 1. The van der Waals surface area contributed by atoms with Crippen LogP contribution in [-0.4, -0.2) is 38.1 Å². The minimum Gasteiger partial charge on any atom is -0.313 e. The third-order valence-electron chi connectivity index (χ3n) is 2.46. The molecule has 3 heteroatoms. The average Bonchev–Trinajstić information content (AvgIpc) is 2.20. The third kappa shape index (κ3) is 5.24. The van der Waals surface area contributed by atoms with Crippen LogP contribution in [0.15, 0.2) is 24.3 Å². The highest BCUT2D eigenvalue weighted by atomic mass is 19.1. The van der Waals surface area contributed by atoms with Gasteiger partial charge in [0.15, 0.2) is 0 Å². The van der Waals surface area contributed by atoms with Gasteiger partial charge in [-0.15, -0.1) is 0 Å². The highest BCUT2D eigenvalue weighted by Crippen LogP contribution is 2.02. The lowest BCUT2D eigenvalue weighted by Gasteiger charge is -2.18. The van der Waals surface area contributed by atoms with Crippen LogP contribution in [0, 0.1) is 5.82 Å². The normalized spacial score (nSPS) is 13.1. The van der Waals surface area contributed by atoms with Crippen LogP contribution in [0.5, 0.6) is 0 Å². The fourth-order valence-electron chi connectivity index (χ4n) is 1.73. The molecule has 1 aromatic carbocycles. The van der Waals surface area contributed by atoms with Crippen LogP contribution >= 0.6 is 0 Å². The average molecular weight is 224 g/mol. The first-order valence-electron chi connectivity index (χ1n) is 5.70. The zero-order chi connectivity index (χ0) is 12.0. The molecule has 0 saturated carbocycles. The minimum atomic E-state index is -0.169. The summed E-state index contributed by atoms with van der Waals surface area (Å²) in [5.41, 5.74) is 1.17. The third-order valence-corrected chi connectivity index (χ3v) is 2.46. The molecule has 1 atom stereocenters. The second kappa shape index (κ2) is 6.61. The van der Waals surface area contributed by atoms with Crippen LogP contribution in [0.2, 0.25) is 0 Å². The van der Waals surface area contributed by atoms with Gasteiger partial charge in [0, 0.05) is 12.6 Å². The lowest BCUT2D eigenvalue weighted by atomic mass is 10.1. The Morgan fingerprint density at radius 3 is 2.44 bits per heavy atom. The van der Waals surface area contributed by atoms with E-state index in [-0.39, 0.29) is 5.82 Å². The number of hydrogen-bond acceptors (Lipinski definition) is 2. The summed E-state index contributed by atoms with van der Waals surface area (Å²) in [4.78, 5) is 2.16. The maximum Gasteiger partial charge on any atom is 0.123 e. The Kier molecular flexibility index (Phi) is 5.43. The van der Waals surface area contributed by atoms with Crippen molar-refractivity contribution in [2.45, 2.75) is 19.4 Å². The quantitative estimate of drug-likeness (QED) is 0.794. The minimum absolute atomic E-state index is 0.169. The summed E-state index contributed by atoms with van der Waals surface area (Å²) in [6.07, 6.45) is 0.943. The Labute approximate surface area is 97.5 Å². The second-order valence-electron chi connectivity index (χ2n) is 4.49. The fourth-order valence-corrected chi connectivity index (χ4v) is 1.73. The van der Waals surface area contributed by atoms with Crippen LogP contribution in [0.25, 0.3) is 0 Å². The van der Waals surface area contributed by atoms with E-state index < -0.39 is 0 Å². The summed E-state index contributed by atoms with van der Waals surface area (Å²) < 4.78 is 12.7. The monoisotopic (exact) mass is 224 g/mol. The van der Waals surface area contributed by atoms with E-state index in [1.807, 2.05) is 12.1 Å². The SMILES string of the molecule is CC(CN(C)C)NCCc1ccc(F)cc1. The van der Waals surface area contributed by atoms with Crippen LogP contribution in [-0.2, 0) is 6.42 Å². The maximum absolute atomic E-state index is 12.7. The van der Waals surface area contributed by atoms with Crippen molar-refractivity contribution in [2.24, 2.45) is 0 Å². The Hall–Kier alpha value is -0.930. The molecule has 0 saturated heterocycles. The van der Waals surface area contributed by atoms with Gasteiger partial charge < -0.3 is 10.2 Å². The highest BCUT2D eigenvalue weighted by molar-refractivity contribution is 5.16. The molecule has 90 valence electrons. The Morgan fingerprint density at radius 2 is 1.88 bits per heavy atom. The van der Waals surface area contributed by atoms with Gasteiger partial charge in [0.25, 0.3) is 0 Å². The number of benzene rings is 1. The highest BCUT2D eigenvalue weighted by Gasteiger charge is 2.02. The van der Waals surface area contributed by atoms with Crippen molar-refractivity contribution in [1.29, 1.82) is 0 Å². The predicted octanol–water partition coefficient (Wildman–Crippen LogP) is 1.91. The van der Waals surface area contributed by atoms with Gasteiger partial charge >= 0.3 is 0 Å². The first-order chi connectivity index (χ1) is 7.58. The summed E-state index contributed by atoms with van der Waals surface area (Å²) in [5.74, 6) is -0.169. The van der Waals surface area contributed by atoms with Gasteiger partial charge in [-0.3, -0.25) is 0 Å². The number of likely N-dealkylation sites (N-methyl/N-ethyl adjacent to an activating group) is 1. The molecule has 0 heterocycles. The summed E-state index contributed by atoms with van der Waals surface area (Å²) in [6.45, 7) is 4.13. The largest absolute Gasteiger partial charge is 0.313 e. The van der Waals surface area contributed by atoms with E-state index in [1.165, 1.54) is 17.7 Å². The van der Waals surface area contributed by atoms with Crippen molar-refractivity contribution in [1.82, 2.24) is 10.2 Å². The molecular formula is C13H21FN2. The van der Waals surface area contributed by atoms with Crippen molar-refractivity contribution >= 4 is 0 Å². The molecule has 0 aliphatic heterocycles. The van der Waals surface area contributed by atoms with Crippen molar-refractivity contribution in [3.63, 3.8) is 0 Å². The van der Waals surface area contributed by atoms with Crippen LogP contribution in [0.4, 0.5) is 4.39 Å². The molecule has 1 N–H and O–H groups in total. The first kappa shape index (κ1) is 13.1. The molecule has 1 rings (SSSR count). The number of rotatable bonds is 6. The molecular weight excluding hydrogens is 203 g/mol. The molecule has 0 bridgehead atoms. The van der Waals surface area contributed by atoms with Crippen molar-refractivity contribution < 1.29 is 4.39 Å². The van der Waals surface area contributed by atoms with Crippen molar-refractivity contribution in [2.75, 3.05) is 27.2 Å². The lowest BCUT2D eigenvalue weighted by Crippen LogP contribution is -2.36. The molecule has 2 nitrogen and oxygen atoms in total. The van der Waals surface area contributed by atoms with Gasteiger partial charge in [-0.2, -0.15) is 0 Å². The fraction of sp³-hybridized carbons (Fsp3) is 0.538. The summed E-state index contributed by atoms with van der Waals surface area (Å²) in [6, 6.07) is 7.19. The summed E-state index contributed by atoms with van der Waals surface area (Å²) >= 11 is 0. The van der Waals surface area contributed by atoms with E-state index in [9.17, 15) is 4.39 Å². The predicted molar refractivity (Wildman–Crippen MR) is 66.1 cm³/mol. The van der Waals surface area contributed by atoms with Gasteiger partial charge in [0.2, 0.25) is 0 Å². The van der Waals surface area contributed by atoms with Gasteiger partial charge in [-0.1, -0.05) is 12.1 Å². The molecule has 1 aromatic rings. The molecule has 0 amide bonds. The number of halogens is 1. The van der Waals surface area contributed by atoms with E-state index in [1.54, 1.807) is 0 Å². The molecule has 0 aliphatic rings. The van der Waals surface area contributed by atoms with Gasteiger partial charge in [-0.25, -0.2) is 4.39 Å². The van der Waals surface area contributed by atoms with E-state index in [2.05, 4.69) is 31.2 Å². The smallest absolute Gasteiger partial charge is 0.123 e. The molecule has 0 aliphatic carbocycles. The Morgan fingerprint density at radius 1 is 1.25 bits per heavy atom. The van der Waals surface area contributed by atoms with E-state index in [4.69, 9.17) is 0 Å². The molecule has 0 aromatic heterocycles. The topological polar surface area (TPSA) is 15.3 Å². The first-order valence-corrected chi connectivity index (χ1v) is 5.70. The summed E-state index contributed by atoms with van der Waals surface area (Å²) in [5, 5.41) is 3.44. The maximum atomic E-state index is 12.7. The van der Waals surface area contributed by atoms with E-state index in [0.717, 1.165) is 19.5 Å². The zero-order valence-electron chi connectivity index (χ0n) is 10.3. The Balaban J connectivity index is 2.22. The number of nitrogens with zero attached hydrogens (tertiary/aromatic N) is 1. The van der Waals surface area contributed by atoms with Crippen LogP contribution in [0.1, 0.15) is 12.5 Å². The second-order valence-corrected chi connectivity index (χ2v) is 4.49. The number of hydrogen-bond donors (Lipinski definition) is 1. The molecule has 16 heavy (non-hydrogen) atoms. The van der Waals surface area contributed by atoms with Crippen molar-refractivity contribution in [3.05, 3.63) is 35.6 Å². The molecule has 1 unspecified atom stereocenters. The van der Waals surface area contributed by atoms with Gasteiger partial charge in [-0.05, 0) is 51.7 Å². The zero-order valence-corrected chi connectivity index (χ0v) is 10.3. The lowest BCUT2D eigenvalue weighted by molar-refractivity contribution is 0.351. The van der Waals surface area contributed by atoms with Gasteiger partial charge in [0.1, 0.15) is 5.82 Å². The summed E-state index contributed by atoms with van der Waals surface area (Å²) in [7, 11) is 4.14. The van der Waals surface area contributed by atoms with Crippen LogP contribution < -0.4 is 5.32 Å². The molecule has 0 spiro atoms. The van der Waals surface area contributed by atoms with Crippen molar-refractivity contribution in [3.8, 4) is 0 Å². The van der Waals surface area contributed by atoms with Gasteiger partial charge in [0.05, 0.1) is 0 Å². The van der Waals surface area contributed by atoms with E-state index >= 15 is 0 Å². The standard InChI is InChI=1S/C13H21FN2/c1-11(10-16(2)3)15-9-8-12-4-6-13(14)7-5-12/h4-7,11,15H,8-10H2,1-3H3. The molecule has 0 radical (unpaired) electrons. The Bertz CT molecular complexity index is 295. The van der Waals surface area contributed by atoms with Crippen LogP contribution in [0.3, 0.4) is 0 Å². The molecule has 0 fully saturated rings. The van der Waals surface area contributed by atoms with E-state index in [0.29, 0.717) is 6.04 Å².